The molecule has 40 heavy (non-hydrogen) atoms. The summed E-state index contributed by atoms with van der Waals surface area (Å²) in [6, 6.07) is 8.69. The van der Waals surface area contributed by atoms with Crippen molar-refractivity contribution in [1.29, 1.82) is 5.41 Å². The number of aliphatic hydroxyl groups is 1. The summed E-state index contributed by atoms with van der Waals surface area (Å²) in [5.41, 5.74) is 4.51. The number of carbonyl (C=O) groups is 1. The Balaban J connectivity index is 2.23. The first kappa shape index (κ1) is 28.7. The Hall–Kier alpha value is -4.30. The summed E-state index contributed by atoms with van der Waals surface area (Å²) in [6.45, 7) is 0.0460. The molecule has 0 amide bonds. The molecule has 0 radical (unpaired) electrons. The zero-order valence-corrected chi connectivity index (χ0v) is 21.9. The summed E-state index contributed by atoms with van der Waals surface area (Å²) < 4.78 is 74.6. The highest BCUT2D eigenvalue weighted by molar-refractivity contribution is 7.86. The number of carboxylic acid groups (broad SMARTS) is 1. The second-order valence-corrected chi connectivity index (χ2v) is 11.3. The van der Waals surface area contributed by atoms with Crippen LogP contribution in [0.15, 0.2) is 56.7 Å². The Labute approximate surface area is 227 Å². The molecule has 1 aliphatic carbocycles. The van der Waals surface area contributed by atoms with Gasteiger partial charge in [0.2, 0.25) is 0 Å². The molecule has 13 nitrogen and oxygen atoms in total. The smallest absolute Gasteiger partial charge is 0.336 e. The Morgan fingerprint density at radius 3 is 2.33 bits per heavy atom. The largest absolute Gasteiger partial charge is 0.478 e. The molecule has 1 heterocycles. The van der Waals surface area contributed by atoms with Crippen molar-refractivity contribution in [3.05, 3.63) is 58.9 Å². The molecule has 0 fully saturated rings. The summed E-state index contributed by atoms with van der Waals surface area (Å²) in [4.78, 5) is 10.3. The molecule has 15 heteroatoms. The van der Waals surface area contributed by atoms with Crippen LogP contribution >= 0.6 is 0 Å². The first-order chi connectivity index (χ1) is 18.6. The van der Waals surface area contributed by atoms with E-state index < -0.39 is 64.6 Å². The van der Waals surface area contributed by atoms with E-state index in [1.807, 2.05) is 0 Å². The number of nitrogens with one attached hydrogen (secondary N) is 2. The van der Waals surface area contributed by atoms with E-state index in [2.05, 4.69) is 11.2 Å². The Kier molecular flexibility index (Phi) is 7.43. The molecule has 0 aromatic heterocycles. The maximum absolute atomic E-state index is 12.3. The van der Waals surface area contributed by atoms with Crippen LogP contribution in [0, 0.1) is 17.8 Å². The molecular weight excluding hydrogens is 566 g/mol. The van der Waals surface area contributed by atoms with Gasteiger partial charge in [0, 0.05) is 22.9 Å². The summed E-state index contributed by atoms with van der Waals surface area (Å²) >= 11 is 0. The number of nitrogens with two attached hydrogens (primary N) is 1. The lowest BCUT2D eigenvalue weighted by Gasteiger charge is -2.20. The molecule has 0 bridgehead atoms. The number of rotatable bonds is 8. The number of terminal acetylenes is 1. The highest BCUT2D eigenvalue weighted by Crippen LogP contribution is 2.45. The summed E-state index contributed by atoms with van der Waals surface area (Å²) in [6.07, 6.45) is 4.03. The van der Waals surface area contributed by atoms with Gasteiger partial charge >= 0.3 is 5.97 Å². The van der Waals surface area contributed by atoms with Gasteiger partial charge in [-0.25, -0.2) is 4.79 Å². The third-order valence-electron chi connectivity index (χ3n) is 5.97. The fourth-order valence-corrected chi connectivity index (χ4v) is 5.86. The molecule has 8 N–H and O–H groups in total. The minimum Gasteiger partial charge on any atom is -0.478 e. The minimum atomic E-state index is -5.14. The van der Waals surface area contributed by atoms with Crippen LogP contribution < -0.4 is 16.4 Å². The van der Waals surface area contributed by atoms with Crippen LogP contribution in [0.2, 0.25) is 0 Å². The topological polar surface area (TPSA) is 241 Å². The number of nitrogen functional groups attached to an aromatic ring is 1. The van der Waals surface area contributed by atoms with Crippen LogP contribution in [0.5, 0.6) is 0 Å². The van der Waals surface area contributed by atoms with Crippen LogP contribution in [-0.2, 0) is 26.7 Å². The molecule has 2 aliphatic rings. The number of aliphatic hydroxyl groups excluding tert-OH is 1. The SMILES string of the molecule is C#CCNC(O)Cc1ccc(C(=O)O)c(-c2c3ccc(=N)c(S(=O)(=O)O)c-3oc3c(S(=O)(=O)O)c(N)ccc23)c1. The maximum Gasteiger partial charge on any atom is 0.336 e. The molecule has 2 aromatic rings. The van der Waals surface area contributed by atoms with Gasteiger partial charge in [-0.3, -0.25) is 19.8 Å². The van der Waals surface area contributed by atoms with Gasteiger partial charge in [-0.05, 0) is 41.5 Å². The van der Waals surface area contributed by atoms with Crippen molar-refractivity contribution in [3.8, 4) is 34.8 Å². The van der Waals surface area contributed by atoms with E-state index in [4.69, 9.17) is 22.0 Å². The van der Waals surface area contributed by atoms with Crippen molar-refractivity contribution in [3.63, 3.8) is 0 Å². The van der Waals surface area contributed by atoms with Crippen molar-refractivity contribution in [2.45, 2.75) is 22.4 Å². The van der Waals surface area contributed by atoms with Gasteiger partial charge in [-0.2, -0.15) is 16.8 Å². The van der Waals surface area contributed by atoms with Gasteiger partial charge in [0.15, 0.2) is 21.1 Å². The molecule has 2 aromatic carbocycles. The van der Waals surface area contributed by atoms with Crippen LogP contribution in [-0.4, -0.2) is 54.9 Å². The quantitative estimate of drug-likeness (QED) is 0.0510. The number of hydrogen-bond acceptors (Lipinski definition) is 10. The standard InChI is InChI=1S/C25H21N3O10S2/c1-2-9-28-19(29)11-12-3-4-13(25(30)31)16(10-12)20-14-5-7-17(26)23(39(32,33)34)21(14)38-22-15(20)6-8-18(27)24(22)40(35,36)37/h1,3-8,10,19,26,28-29H,9,11,27H2,(H,30,31)(H,32,33,34)(H,35,36,37). The van der Waals surface area contributed by atoms with Crippen molar-refractivity contribution >= 4 is 42.9 Å². The summed E-state index contributed by atoms with van der Waals surface area (Å²) in [5.74, 6) is 0.207. The molecule has 0 saturated heterocycles. The molecular formula is C25H21N3O10S2. The predicted molar refractivity (Wildman–Crippen MR) is 142 cm³/mol. The second-order valence-electron chi connectivity index (χ2n) is 8.60. The van der Waals surface area contributed by atoms with E-state index in [0.717, 1.165) is 12.1 Å². The lowest BCUT2D eigenvalue weighted by molar-refractivity contribution is 0.0697. The fraction of sp³-hybridized carbons (Fsp3) is 0.120. The average molecular weight is 588 g/mol. The fourth-order valence-electron chi connectivity index (χ4n) is 4.38. The predicted octanol–water partition coefficient (Wildman–Crippen LogP) is 1.54. The maximum atomic E-state index is 12.3. The second kappa shape index (κ2) is 10.4. The third-order valence-corrected chi connectivity index (χ3v) is 7.82. The molecule has 1 atom stereocenters. The Morgan fingerprint density at radius 2 is 1.73 bits per heavy atom. The number of fused-ring (bicyclic) bond motifs is 2. The number of hydrogen-bond donors (Lipinski definition) is 7. The summed E-state index contributed by atoms with van der Waals surface area (Å²) in [5, 5.41) is 30.2. The van der Waals surface area contributed by atoms with E-state index in [1.54, 1.807) is 0 Å². The number of benzene rings is 3. The number of aromatic carboxylic acids is 1. The van der Waals surface area contributed by atoms with E-state index in [1.165, 1.54) is 30.3 Å². The van der Waals surface area contributed by atoms with Crippen LogP contribution in [0.25, 0.3) is 33.4 Å². The minimum absolute atomic E-state index is 0.0436. The molecule has 208 valence electrons. The Bertz CT molecular complexity index is 1980. The number of carboxylic acids is 1. The van der Waals surface area contributed by atoms with Crippen molar-refractivity contribution < 1.29 is 45.4 Å². The van der Waals surface area contributed by atoms with Crippen LogP contribution in [0.4, 0.5) is 5.69 Å². The van der Waals surface area contributed by atoms with E-state index >= 15 is 0 Å². The van der Waals surface area contributed by atoms with Crippen molar-refractivity contribution in [2.75, 3.05) is 12.3 Å². The van der Waals surface area contributed by atoms with Gasteiger partial charge in [-0.15, -0.1) is 6.42 Å². The van der Waals surface area contributed by atoms with Gasteiger partial charge in [-0.1, -0.05) is 18.1 Å². The lowest BCUT2D eigenvalue weighted by atomic mass is 9.89. The highest BCUT2D eigenvalue weighted by Gasteiger charge is 2.31. The molecule has 1 aliphatic heterocycles. The normalized spacial score (nSPS) is 12.8. The summed E-state index contributed by atoms with van der Waals surface area (Å²) in [7, 11) is -10.2. The monoisotopic (exact) mass is 587 g/mol. The van der Waals surface area contributed by atoms with Crippen molar-refractivity contribution in [2.24, 2.45) is 0 Å². The molecule has 0 saturated carbocycles. The van der Waals surface area contributed by atoms with Gasteiger partial charge in [0.05, 0.1) is 23.2 Å². The first-order valence-corrected chi connectivity index (χ1v) is 14.1. The molecule has 4 rings (SSSR count). The van der Waals surface area contributed by atoms with E-state index in [-0.39, 0.29) is 40.6 Å². The average Bonchev–Trinajstić information content (AvgIpc) is 2.84. The first-order valence-electron chi connectivity index (χ1n) is 11.2. The van der Waals surface area contributed by atoms with Gasteiger partial charge in [0.1, 0.15) is 6.23 Å². The lowest BCUT2D eigenvalue weighted by Crippen LogP contribution is -2.30. The van der Waals surface area contributed by atoms with E-state index in [9.17, 15) is 40.9 Å². The zero-order chi connectivity index (χ0) is 29.6. The van der Waals surface area contributed by atoms with Crippen LogP contribution in [0.3, 0.4) is 0 Å². The molecule has 1 unspecified atom stereocenters. The number of anilines is 1. The zero-order valence-electron chi connectivity index (χ0n) is 20.2. The van der Waals surface area contributed by atoms with Crippen molar-refractivity contribution in [1.82, 2.24) is 5.32 Å². The Morgan fingerprint density at radius 1 is 1.05 bits per heavy atom. The van der Waals surface area contributed by atoms with E-state index in [0.29, 0.717) is 5.56 Å². The molecule has 0 spiro atoms. The highest BCUT2D eigenvalue weighted by atomic mass is 32.2. The third kappa shape index (κ3) is 5.27. The van der Waals surface area contributed by atoms with Gasteiger partial charge < -0.3 is 20.4 Å². The van der Waals surface area contributed by atoms with Crippen LogP contribution in [0.1, 0.15) is 15.9 Å². The van der Waals surface area contributed by atoms with Gasteiger partial charge in [0.25, 0.3) is 20.2 Å².